The molecular formula is C24H21NO3. The predicted molar refractivity (Wildman–Crippen MR) is 107 cm³/mol. The van der Waals surface area contributed by atoms with Crippen molar-refractivity contribution in [3.8, 4) is 0 Å². The van der Waals surface area contributed by atoms with E-state index in [1.54, 1.807) is 18.1 Å². The lowest BCUT2D eigenvalue weighted by atomic mass is 9.93. The smallest absolute Gasteiger partial charge is 0.257 e. The number of carbonyl (C=O) groups is 2. The highest BCUT2D eigenvalue weighted by Crippen LogP contribution is 2.49. The summed E-state index contributed by atoms with van der Waals surface area (Å²) in [7, 11) is 0. The van der Waals surface area contributed by atoms with Gasteiger partial charge in [0.25, 0.3) is 5.91 Å². The van der Waals surface area contributed by atoms with Crippen LogP contribution in [0.4, 0.5) is 5.69 Å². The van der Waals surface area contributed by atoms with Gasteiger partial charge < -0.3 is 4.74 Å². The second kappa shape index (κ2) is 6.48. The van der Waals surface area contributed by atoms with E-state index in [1.807, 2.05) is 42.5 Å². The molecule has 1 heterocycles. The van der Waals surface area contributed by atoms with Gasteiger partial charge in [-0.2, -0.15) is 0 Å². The van der Waals surface area contributed by atoms with E-state index in [9.17, 15) is 9.59 Å². The van der Waals surface area contributed by atoms with Gasteiger partial charge >= 0.3 is 0 Å². The van der Waals surface area contributed by atoms with Gasteiger partial charge in [-0.1, -0.05) is 42.5 Å². The minimum atomic E-state index is -0.536. The summed E-state index contributed by atoms with van der Waals surface area (Å²) < 4.78 is 6.03. The van der Waals surface area contributed by atoms with Crippen molar-refractivity contribution < 1.29 is 14.3 Å². The molecular weight excluding hydrogens is 350 g/mol. The molecule has 3 unspecified atom stereocenters. The predicted octanol–water partition coefficient (Wildman–Crippen LogP) is 4.14. The van der Waals surface area contributed by atoms with Gasteiger partial charge in [-0.3, -0.25) is 14.5 Å². The number of amides is 1. The van der Waals surface area contributed by atoms with Gasteiger partial charge in [0.15, 0.2) is 12.0 Å². The van der Waals surface area contributed by atoms with Crippen LogP contribution in [-0.4, -0.2) is 17.9 Å². The maximum Gasteiger partial charge on any atom is 0.257 e. The zero-order valence-electron chi connectivity index (χ0n) is 15.7. The highest BCUT2D eigenvalue weighted by molar-refractivity contribution is 6.08. The molecule has 140 valence electrons. The van der Waals surface area contributed by atoms with Crippen LogP contribution in [0.1, 0.15) is 30.4 Å². The highest BCUT2D eigenvalue weighted by atomic mass is 16.5. The van der Waals surface area contributed by atoms with Crippen LogP contribution in [0.5, 0.6) is 0 Å². The first-order valence-corrected chi connectivity index (χ1v) is 9.67. The molecule has 3 atom stereocenters. The average Bonchev–Trinajstić information content (AvgIpc) is 3.30. The Balaban J connectivity index is 1.45. The van der Waals surface area contributed by atoms with Gasteiger partial charge in [0.2, 0.25) is 0 Å². The van der Waals surface area contributed by atoms with Gasteiger partial charge in [-0.15, -0.1) is 0 Å². The standard InChI is InChI=1S/C24H21NO3/c1-15-11-22(25(24(15)27)18-8-3-2-4-9-18)28-14-20-21(26)13-17-12-16-7-5-6-10-19(16)23(17)20/h2-11,14,17,22-23H,12-13H2,1H3/b20-14-. The second-order valence-electron chi connectivity index (χ2n) is 7.73. The summed E-state index contributed by atoms with van der Waals surface area (Å²) in [6.07, 6.45) is 4.39. The summed E-state index contributed by atoms with van der Waals surface area (Å²) in [6, 6.07) is 17.8. The van der Waals surface area contributed by atoms with E-state index in [-0.39, 0.29) is 17.6 Å². The quantitative estimate of drug-likeness (QED) is 0.602. The average molecular weight is 371 g/mol. The molecule has 28 heavy (non-hydrogen) atoms. The number of allylic oxidation sites excluding steroid dienone is 1. The number of ketones is 1. The Bertz CT molecular complexity index is 1020. The maximum absolute atomic E-state index is 12.6. The number of fused-ring (bicyclic) bond motifs is 3. The van der Waals surface area contributed by atoms with Crippen LogP contribution in [0.25, 0.3) is 0 Å². The lowest BCUT2D eigenvalue weighted by molar-refractivity contribution is -0.115. The summed E-state index contributed by atoms with van der Waals surface area (Å²) in [5.41, 5.74) is 4.73. The first kappa shape index (κ1) is 17.0. The second-order valence-corrected chi connectivity index (χ2v) is 7.73. The Morgan fingerprint density at radius 3 is 2.57 bits per heavy atom. The minimum Gasteiger partial charge on any atom is -0.474 e. The van der Waals surface area contributed by atoms with Crippen LogP contribution < -0.4 is 4.90 Å². The SMILES string of the molecule is CC1=CC(O/C=C2/C(=O)CC3Cc4ccccc4C23)N(c2ccccc2)C1=O. The molecule has 0 spiro atoms. The van der Waals surface area contributed by atoms with E-state index in [2.05, 4.69) is 18.2 Å². The Kier molecular flexibility index (Phi) is 3.93. The maximum atomic E-state index is 12.6. The van der Waals surface area contributed by atoms with Crippen LogP contribution in [-0.2, 0) is 20.7 Å². The number of hydrogen-bond donors (Lipinski definition) is 0. The fourth-order valence-electron chi connectivity index (χ4n) is 4.72. The molecule has 2 aromatic rings. The molecule has 0 aromatic heterocycles. The molecule has 4 nitrogen and oxygen atoms in total. The number of ether oxygens (including phenoxy) is 1. The van der Waals surface area contributed by atoms with Gasteiger partial charge in [0.05, 0.1) is 6.26 Å². The van der Waals surface area contributed by atoms with Crippen LogP contribution in [0.15, 0.2) is 78.1 Å². The normalized spacial score (nSPS) is 27.2. The number of Topliss-reactive ketones (excluding diaryl/α,β-unsaturated/α-hetero) is 1. The molecule has 3 aliphatic rings. The summed E-state index contributed by atoms with van der Waals surface area (Å²) in [6.45, 7) is 1.79. The molecule has 0 N–H and O–H groups in total. The molecule has 1 saturated carbocycles. The van der Waals surface area contributed by atoms with Gasteiger partial charge in [0.1, 0.15) is 0 Å². The summed E-state index contributed by atoms with van der Waals surface area (Å²) in [4.78, 5) is 26.9. The summed E-state index contributed by atoms with van der Waals surface area (Å²) in [5, 5.41) is 0. The summed E-state index contributed by atoms with van der Waals surface area (Å²) >= 11 is 0. The number of para-hydroxylation sites is 1. The van der Waals surface area contributed by atoms with Crippen LogP contribution >= 0.6 is 0 Å². The van der Waals surface area contributed by atoms with Crippen molar-refractivity contribution in [2.24, 2.45) is 5.92 Å². The Morgan fingerprint density at radius 1 is 1.00 bits per heavy atom. The zero-order chi connectivity index (χ0) is 19.3. The summed E-state index contributed by atoms with van der Waals surface area (Å²) in [5.74, 6) is 0.515. The minimum absolute atomic E-state index is 0.0727. The lowest BCUT2D eigenvalue weighted by Gasteiger charge is -2.24. The van der Waals surface area contributed by atoms with E-state index in [0.29, 0.717) is 17.9 Å². The third kappa shape index (κ3) is 2.60. The monoisotopic (exact) mass is 371 g/mol. The van der Waals surface area contributed by atoms with Crippen molar-refractivity contribution >= 4 is 17.4 Å². The zero-order valence-corrected chi connectivity index (χ0v) is 15.7. The van der Waals surface area contributed by atoms with Crippen molar-refractivity contribution in [3.63, 3.8) is 0 Å². The molecule has 1 fully saturated rings. The molecule has 4 heteroatoms. The van der Waals surface area contributed by atoms with Gasteiger partial charge in [0, 0.05) is 29.2 Å². The van der Waals surface area contributed by atoms with Crippen molar-refractivity contribution in [1.29, 1.82) is 0 Å². The molecule has 0 bridgehead atoms. The first-order chi connectivity index (χ1) is 13.6. The van der Waals surface area contributed by atoms with Gasteiger partial charge in [-0.25, -0.2) is 0 Å². The Morgan fingerprint density at radius 2 is 1.75 bits per heavy atom. The highest BCUT2D eigenvalue weighted by Gasteiger charge is 2.44. The fourth-order valence-corrected chi connectivity index (χ4v) is 4.72. The van der Waals surface area contributed by atoms with Crippen LogP contribution in [0.2, 0.25) is 0 Å². The van der Waals surface area contributed by atoms with Crippen LogP contribution in [0, 0.1) is 5.92 Å². The topological polar surface area (TPSA) is 46.6 Å². The van der Waals surface area contributed by atoms with E-state index in [1.165, 1.54) is 11.1 Å². The Hall–Kier alpha value is -3.14. The molecule has 0 radical (unpaired) electrons. The van der Waals surface area contributed by atoms with E-state index < -0.39 is 6.23 Å². The number of carbonyl (C=O) groups excluding carboxylic acids is 2. The lowest BCUT2D eigenvalue weighted by Crippen LogP contribution is -2.35. The molecule has 1 amide bonds. The first-order valence-electron chi connectivity index (χ1n) is 9.67. The Labute approximate surface area is 164 Å². The largest absolute Gasteiger partial charge is 0.474 e. The molecule has 1 aliphatic heterocycles. The number of hydrogen-bond acceptors (Lipinski definition) is 3. The van der Waals surface area contributed by atoms with E-state index in [0.717, 1.165) is 17.7 Å². The number of rotatable bonds is 3. The third-order valence-corrected chi connectivity index (χ3v) is 6.02. The molecule has 2 aromatic carbocycles. The van der Waals surface area contributed by atoms with Crippen molar-refractivity contribution in [2.75, 3.05) is 4.90 Å². The third-order valence-electron chi connectivity index (χ3n) is 6.02. The van der Waals surface area contributed by atoms with Crippen molar-refractivity contribution in [3.05, 3.63) is 89.2 Å². The number of anilines is 1. The molecule has 2 aliphatic carbocycles. The van der Waals surface area contributed by atoms with E-state index >= 15 is 0 Å². The fraction of sp³-hybridized carbons (Fsp3) is 0.250. The van der Waals surface area contributed by atoms with E-state index in [4.69, 9.17) is 4.74 Å². The number of nitrogens with zero attached hydrogens (tertiary/aromatic N) is 1. The van der Waals surface area contributed by atoms with Gasteiger partial charge in [-0.05, 0) is 48.6 Å². The van der Waals surface area contributed by atoms with Crippen molar-refractivity contribution in [1.82, 2.24) is 0 Å². The van der Waals surface area contributed by atoms with Crippen LogP contribution in [0.3, 0.4) is 0 Å². The van der Waals surface area contributed by atoms with Crippen molar-refractivity contribution in [2.45, 2.75) is 31.9 Å². The number of benzene rings is 2. The molecule has 0 saturated heterocycles. The molecule has 5 rings (SSSR count).